The number of rotatable bonds is 4. The fraction of sp³-hybridized carbons (Fsp3) is 0.519. The molecule has 1 amide bonds. The van der Waals surface area contributed by atoms with Crippen LogP contribution in [0.1, 0.15) is 48.0 Å². The van der Waals surface area contributed by atoms with Crippen molar-refractivity contribution in [3.05, 3.63) is 59.4 Å². The number of hydrogen-bond donors (Lipinski definition) is 0. The summed E-state index contributed by atoms with van der Waals surface area (Å²) in [7, 11) is 3.31. The molecule has 2 aromatic carbocycles. The Morgan fingerprint density at radius 1 is 1.03 bits per heavy atom. The van der Waals surface area contributed by atoms with Crippen molar-refractivity contribution in [2.45, 2.75) is 50.8 Å². The first-order chi connectivity index (χ1) is 16.6. The molecule has 2 aromatic rings. The number of methoxy groups -OCH3 is 2. The first-order valence-electron chi connectivity index (χ1n) is 12.2. The molecule has 0 aromatic heterocycles. The molecule has 2 aliphatic rings. The van der Waals surface area contributed by atoms with Gasteiger partial charge in [-0.25, -0.2) is 4.39 Å². The van der Waals surface area contributed by atoms with Gasteiger partial charge in [0.15, 0.2) is 0 Å². The summed E-state index contributed by atoms with van der Waals surface area (Å²) in [6.45, 7) is 3.10. The average molecular weight is 471 g/mol. The van der Waals surface area contributed by atoms with E-state index in [2.05, 4.69) is 4.90 Å². The minimum Gasteiger partial charge on any atom is -0.496 e. The van der Waals surface area contributed by atoms with Gasteiger partial charge in [-0.3, -0.25) is 9.69 Å². The van der Waals surface area contributed by atoms with Crippen LogP contribution in [0.15, 0.2) is 42.5 Å². The molecule has 2 heterocycles. The van der Waals surface area contributed by atoms with E-state index in [9.17, 15) is 9.18 Å². The zero-order valence-corrected chi connectivity index (χ0v) is 20.2. The molecule has 184 valence electrons. The van der Waals surface area contributed by atoms with Gasteiger partial charge in [-0.2, -0.15) is 0 Å². The van der Waals surface area contributed by atoms with Crippen molar-refractivity contribution < 1.29 is 23.4 Å². The molecule has 2 aliphatic heterocycles. The van der Waals surface area contributed by atoms with Crippen LogP contribution in [0.25, 0.3) is 0 Å². The van der Waals surface area contributed by atoms with Crippen LogP contribution < -0.4 is 9.47 Å². The Bertz CT molecular complexity index is 969. The summed E-state index contributed by atoms with van der Waals surface area (Å²) >= 11 is 0. The van der Waals surface area contributed by atoms with E-state index >= 15 is 0 Å². The second-order valence-electron chi connectivity index (χ2n) is 9.05. The Morgan fingerprint density at radius 3 is 2.71 bits per heavy atom. The van der Waals surface area contributed by atoms with Crippen LogP contribution in [-0.4, -0.2) is 68.3 Å². The maximum absolute atomic E-state index is 14.6. The van der Waals surface area contributed by atoms with Gasteiger partial charge >= 0.3 is 0 Å². The fourth-order valence-electron chi connectivity index (χ4n) is 5.13. The first-order valence-corrected chi connectivity index (χ1v) is 12.2. The van der Waals surface area contributed by atoms with Gasteiger partial charge in [-0.1, -0.05) is 18.6 Å². The second kappa shape index (κ2) is 11.7. The SMILES string of the molecule is COc1cccc(F)c1CN1CCCC[C@H]2[C@@H](OC)CCCN2C(=O)c2cccc(c2)OCC1. The molecule has 0 aliphatic carbocycles. The lowest BCUT2D eigenvalue weighted by Crippen LogP contribution is -2.51. The summed E-state index contributed by atoms with van der Waals surface area (Å²) in [5.74, 6) is 1.02. The molecule has 0 N–H and O–H groups in total. The van der Waals surface area contributed by atoms with Gasteiger partial charge in [0.25, 0.3) is 5.91 Å². The Balaban J connectivity index is 1.56. The van der Waals surface area contributed by atoms with Crippen LogP contribution in [0.2, 0.25) is 0 Å². The molecule has 0 spiro atoms. The number of fused-ring (bicyclic) bond motifs is 3. The third kappa shape index (κ3) is 5.70. The lowest BCUT2D eigenvalue weighted by atomic mass is 9.93. The predicted molar refractivity (Wildman–Crippen MR) is 129 cm³/mol. The number of amides is 1. The van der Waals surface area contributed by atoms with Crippen LogP contribution in [0.4, 0.5) is 4.39 Å². The van der Waals surface area contributed by atoms with Gasteiger partial charge in [0, 0.05) is 37.9 Å². The van der Waals surface area contributed by atoms with Gasteiger partial charge in [0.05, 0.1) is 19.3 Å². The van der Waals surface area contributed by atoms with Crippen molar-refractivity contribution in [1.29, 1.82) is 0 Å². The molecule has 7 heteroatoms. The van der Waals surface area contributed by atoms with E-state index in [4.69, 9.17) is 14.2 Å². The molecule has 4 rings (SSSR count). The zero-order valence-electron chi connectivity index (χ0n) is 20.2. The maximum Gasteiger partial charge on any atom is 0.254 e. The highest BCUT2D eigenvalue weighted by Crippen LogP contribution is 2.28. The highest BCUT2D eigenvalue weighted by molar-refractivity contribution is 5.95. The molecule has 2 bridgehead atoms. The number of ether oxygens (including phenoxy) is 3. The quantitative estimate of drug-likeness (QED) is 0.658. The number of piperidine rings is 1. The van der Waals surface area contributed by atoms with Crippen molar-refractivity contribution in [2.24, 2.45) is 0 Å². The summed E-state index contributed by atoms with van der Waals surface area (Å²) in [4.78, 5) is 17.6. The van der Waals surface area contributed by atoms with Crippen molar-refractivity contribution in [1.82, 2.24) is 9.80 Å². The summed E-state index contributed by atoms with van der Waals surface area (Å²) in [5.41, 5.74) is 1.21. The Morgan fingerprint density at radius 2 is 1.88 bits per heavy atom. The summed E-state index contributed by atoms with van der Waals surface area (Å²) < 4.78 is 31.8. The molecule has 2 atom stereocenters. The molecule has 34 heavy (non-hydrogen) atoms. The van der Waals surface area contributed by atoms with Gasteiger partial charge in [-0.05, 0) is 62.6 Å². The molecule has 0 saturated carbocycles. The smallest absolute Gasteiger partial charge is 0.254 e. The molecule has 0 radical (unpaired) electrons. The van der Waals surface area contributed by atoms with Crippen LogP contribution >= 0.6 is 0 Å². The minimum absolute atomic E-state index is 0.0440. The van der Waals surface area contributed by atoms with Gasteiger partial charge in [0.2, 0.25) is 0 Å². The predicted octanol–water partition coefficient (Wildman–Crippen LogP) is 4.52. The van der Waals surface area contributed by atoms with E-state index in [1.165, 1.54) is 6.07 Å². The van der Waals surface area contributed by atoms with E-state index in [0.717, 1.165) is 45.2 Å². The van der Waals surface area contributed by atoms with Gasteiger partial charge in [-0.15, -0.1) is 0 Å². The zero-order chi connectivity index (χ0) is 23.9. The van der Waals surface area contributed by atoms with Gasteiger partial charge in [0.1, 0.15) is 23.9 Å². The summed E-state index contributed by atoms with van der Waals surface area (Å²) in [6, 6.07) is 12.4. The van der Waals surface area contributed by atoms with Crippen LogP contribution in [-0.2, 0) is 11.3 Å². The fourth-order valence-corrected chi connectivity index (χ4v) is 5.13. The topological polar surface area (TPSA) is 51.2 Å². The van der Waals surface area contributed by atoms with E-state index < -0.39 is 0 Å². The molecule has 6 nitrogen and oxygen atoms in total. The minimum atomic E-state index is -0.258. The van der Waals surface area contributed by atoms with Gasteiger partial charge < -0.3 is 19.1 Å². The molecule has 0 unspecified atom stereocenters. The number of nitrogens with zero attached hydrogens (tertiary/aromatic N) is 2. The highest BCUT2D eigenvalue weighted by atomic mass is 19.1. The van der Waals surface area contributed by atoms with Crippen LogP contribution in [0.5, 0.6) is 11.5 Å². The van der Waals surface area contributed by atoms with Crippen molar-refractivity contribution in [3.8, 4) is 11.5 Å². The van der Waals surface area contributed by atoms with E-state index in [1.54, 1.807) is 26.4 Å². The lowest BCUT2D eigenvalue weighted by molar-refractivity contribution is -0.0156. The summed E-state index contributed by atoms with van der Waals surface area (Å²) in [5, 5.41) is 0. The van der Waals surface area contributed by atoms with Crippen LogP contribution in [0.3, 0.4) is 0 Å². The first kappa shape index (κ1) is 24.5. The standard InChI is InChI=1S/C27H35FN2O4/c1-32-25-12-6-10-23(28)22(25)19-29-14-4-3-11-24-26(33-2)13-7-15-30(24)27(31)20-8-5-9-21(18-20)34-17-16-29/h5-6,8-10,12,18,24,26H,3-4,7,11,13-17,19H2,1-2H3/t24-,26-/m0/s1. The van der Waals surface area contributed by atoms with Crippen molar-refractivity contribution in [3.63, 3.8) is 0 Å². The summed E-state index contributed by atoms with van der Waals surface area (Å²) in [6.07, 6.45) is 4.74. The van der Waals surface area contributed by atoms with E-state index in [-0.39, 0.29) is 23.9 Å². The van der Waals surface area contributed by atoms with Crippen molar-refractivity contribution in [2.75, 3.05) is 40.5 Å². The van der Waals surface area contributed by atoms with Crippen LogP contribution in [0, 0.1) is 5.82 Å². The molecule has 1 saturated heterocycles. The number of hydrogen-bond acceptors (Lipinski definition) is 5. The van der Waals surface area contributed by atoms with Crippen molar-refractivity contribution >= 4 is 5.91 Å². The Hall–Kier alpha value is -2.64. The van der Waals surface area contributed by atoms with E-state index in [1.807, 2.05) is 29.2 Å². The molecular weight excluding hydrogens is 435 g/mol. The monoisotopic (exact) mass is 470 g/mol. The average Bonchev–Trinajstić information content (AvgIpc) is 2.86. The normalized spacial score (nSPS) is 22.4. The van der Waals surface area contributed by atoms with E-state index in [0.29, 0.717) is 42.3 Å². The number of carbonyl (C=O) groups excluding carboxylic acids is 1. The second-order valence-corrected chi connectivity index (χ2v) is 9.05. The Labute approximate surface area is 201 Å². The molecule has 1 fully saturated rings. The third-order valence-corrected chi connectivity index (χ3v) is 6.94. The number of carbonyl (C=O) groups is 1. The molecular formula is C27H35FN2O4. The largest absolute Gasteiger partial charge is 0.496 e. The lowest BCUT2D eigenvalue weighted by Gasteiger charge is -2.41. The maximum atomic E-state index is 14.6. The Kier molecular flexibility index (Phi) is 8.40. The third-order valence-electron chi connectivity index (χ3n) is 6.94. The number of halogens is 1. The number of benzene rings is 2. The highest BCUT2D eigenvalue weighted by Gasteiger charge is 2.34.